The van der Waals surface area contributed by atoms with E-state index >= 15 is 0 Å². The first-order valence-corrected chi connectivity index (χ1v) is 6.31. The van der Waals surface area contributed by atoms with Crippen LogP contribution in [0.3, 0.4) is 0 Å². The number of aliphatic hydroxyl groups excluding tert-OH is 1. The molecule has 1 aromatic rings. The quantitative estimate of drug-likeness (QED) is 0.769. The number of rotatable bonds is 1. The third-order valence-corrected chi connectivity index (χ3v) is 4.67. The van der Waals surface area contributed by atoms with Crippen molar-refractivity contribution >= 4 is 11.3 Å². The predicted molar refractivity (Wildman–Crippen MR) is 56.7 cm³/mol. The molecule has 14 heavy (non-hydrogen) atoms. The number of fused-ring (bicyclic) bond motifs is 1. The van der Waals surface area contributed by atoms with Crippen molar-refractivity contribution in [1.82, 2.24) is 4.98 Å². The summed E-state index contributed by atoms with van der Waals surface area (Å²) >= 11 is 1.85. The highest BCUT2D eigenvalue weighted by Gasteiger charge is 2.27. The van der Waals surface area contributed by atoms with Crippen LogP contribution in [-0.4, -0.2) is 16.2 Å². The van der Waals surface area contributed by atoms with Crippen molar-refractivity contribution in [3.63, 3.8) is 0 Å². The van der Waals surface area contributed by atoms with Crippen LogP contribution in [0, 0.1) is 0 Å². The Hall–Kier alpha value is -0.410. The lowest BCUT2D eigenvalue weighted by Gasteiger charge is -2.22. The Kier molecular flexibility index (Phi) is 2.10. The molecule has 0 spiro atoms. The first-order chi connectivity index (χ1) is 6.83. The summed E-state index contributed by atoms with van der Waals surface area (Å²) in [6, 6.07) is 0. The fourth-order valence-electron chi connectivity index (χ4n) is 2.21. The molecule has 76 valence electrons. The highest BCUT2D eigenvalue weighted by atomic mass is 32.1. The van der Waals surface area contributed by atoms with Crippen LogP contribution < -0.4 is 0 Å². The molecule has 2 aliphatic rings. The van der Waals surface area contributed by atoms with Crippen LogP contribution in [0.25, 0.3) is 0 Å². The standard InChI is InChI=1S/C11H15NOS/c13-8-4-5-9-10(6-8)14-11(12-9)7-2-1-3-7/h7-8,13H,1-6H2. The van der Waals surface area contributed by atoms with Gasteiger partial charge in [0.25, 0.3) is 0 Å². The maximum atomic E-state index is 9.55. The number of thiazole rings is 1. The lowest BCUT2D eigenvalue weighted by molar-refractivity contribution is 0.159. The molecule has 0 amide bonds. The van der Waals surface area contributed by atoms with E-state index in [1.807, 2.05) is 11.3 Å². The van der Waals surface area contributed by atoms with Gasteiger partial charge in [0.05, 0.1) is 16.8 Å². The van der Waals surface area contributed by atoms with Crippen LogP contribution >= 0.6 is 11.3 Å². The van der Waals surface area contributed by atoms with Gasteiger partial charge < -0.3 is 5.11 Å². The Morgan fingerprint density at radius 2 is 2.14 bits per heavy atom. The molecule has 1 fully saturated rings. The van der Waals surface area contributed by atoms with E-state index in [1.54, 1.807) is 0 Å². The van der Waals surface area contributed by atoms with E-state index in [1.165, 1.54) is 34.8 Å². The number of nitrogens with zero attached hydrogens (tertiary/aromatic N) is 1. The van der Waals surface area contributed by atoms with Gasteiger partial charge in [-0.1, -0.05) is 6.42 Å². The molecule has 0 aliphatic heterocycles. The largest absolute Gasteiger partial charge is 0.393 e. The van der Waals surface area contributed by atoms with Gasteiger partial charge in [-0.2, -0.15) is 0 Å². The number of aromatic nitrogens is 1. The Labute approximate surface area is 88.0 Å². The first kappa shape index (κ1) is 8.86. The molecule has 1 unspecified atom stereocenters. The zero-order valence-corrected chi connectivity index (χ0v) is 9.02. The highest BCUT2D eigenvalue weighted by Crippen LogP contribution is 2.40. The molecule has 3 rings (SSSR count). The molecule has 0 saturated heterocycles. The van der Waals surface area contributed by atoms with E-state index in [9.17, 15) is 5.11 Å². The first-order valence-electron chi connectivity index (χ1n) is 5.49. The third kappa shape index (κ3) is 1.39. The summed E-state index contributed by atoms with van der Waals surface area (Å²) in [7, 11) is 0. The topological polar surface area (TPSA) is 33.1 Å². The van der Waals surface area contributed by atoms with Crippen LogP contribution in [0.4, 0.5) is 0 Å². The minimum Gasteiger partial charge on any atom is -0.393 e. The van der Waals surface area contributed by atoms with Crippen LogP contribution in [-0.2, 0) is 12.8 Å². The fraction of sp³-hybridized carbons (Fsp3) is 0.727. The van der Waals surface area contributed by atoms with E-state index in [-0.39, 0.29) is 6.10 Å². The SMILES string of the molecule is OC1CCc2nc(C3CCC3)sc2C1. The number of aliphatic hydroxyl groups is 1. The van der Waals surface area contributed by atoms with Crippen molar-refractivity contribution in [2.24, 2.45) is 0 Å². The summed E-state index contributed by atoms with van der Waals surface area (Å²) in [6.07, 6.45) is 6.65. The van der Waals surface area contributed by atoms with Crippen molar-refractivity contribution in [2.45, 2.75) is 50.5 Å². The fourth-order valence-corrected chi connectivity index (χ4v) is 3.56. The van der Waals surface area contributed by atoms with Crippen LogP contribution in [0.2, 0.25) is 0 Å². The molecule has 2 nitrogen and oxygen atoms in total. The van der Waals surface area contributed by atoms with E-state index in [0.29, 0.717) is 0 Å². The van der Waals surface area contributed by atoms with Crippen LogP contribution in [0.15, 0.2) is 0 Å². The lowest BCUT2D eigenvalue weighted by atomic mass is 9.86. The normalized spacial score (nSPS) is 27.1. The van der Waals surface area contributed by atoms with Crippen molar-refractivity contribution < 1.29 is 5.11 Å². The Morgan fingerprint density at radius 3 is 2.86 bits per heavy atom. The number of aryl methyl sites for hydroxylation is 1. The zero-order valence-electron chi connectivity index (χ0n) is 8.20. The minimum atomic E-state index is -0.114. The van der Waals surface area contributed by atoms with Gasteiger partial charge in [-0.25, -0.2) is 4.98 Å². The van der Waals surface area contributed by atoms with E-state index in [4.69, 9.17) is 4.98 Å². The van der Waals surface area contributed by atoms with Gasteiger partial charge in [-0.05, 0) is 25.7 Å². The monoisotopic (exact) mass is 209 g/mol. The second-order valence-electron chi connectivity index (χ2n) is 4.45. The Morgan fingerprint density at radius 1 is 1.29 bits per heavy atom. The van der Waals surface area contributed by atoms with E-state index in [0.717, 1.165) is 25.2 Å². The summed E-state index contributed by atoms with van der Waals surface area (Å²) in [5.41, 5.74) is 1.28. The molecular formula is C11H15NOS. The van der Waals surface area contributed by atoms with Crippen molar-refractivity contribution in [2.75, 3.05) is 0 Å². The molecule has 1 heterocycles. The molecule has 1 aromatic heterocycles. The summed E-state index contributed by atoms with van der Waals surface area (Å²) in [5, 5.41) is 10.9. The average molecular weight is 209 g/mol. The van der Waals surface area contributed by atoms with Crippen LogP contribution in [0.1, 0.15) is 47.2 Å². The van der Waals surface area contributed by atoms with Gasteiger partial charge in [-0.15, -0.1) is 11.3 Å². The summed E-state index contributed by atoms with van der Waals surface area (Å²) in [6.45, 7) is 0. The van der Waals surface area contributed by atoms with E-state index in [2.05, 4.69) is 0 Å². The van der Waals surface area contributed by atoms with Crippen molar-refractivity contribution in [3.05, 3.63) is 15.6 Å². The molecule has 0 aromatic carbocycles. The average Bonchev–Trinajstić information content (AvgIpc) is 2.43. The lowest BCUT2D eigenvalue weighted by Crippen LogP contribution is -2.17. The Bertz CT molecular complexity index is 343. The molecule has 1 atom stereocenters. The van der Waals surface area contributed by atoms with Gasteiger partial charge in [0.15, 0.2) is 0 Å². The summed E-state index contributed by atoms with van der Waals surface area (Å²) in [4.78, 5) is 6.07. The molecule has 1 N–H and O–H groups in total. The van der Waals surface area contributed by atoms with Crippen molar-refractivity contribution in [1.29, 1.82) is 0 Å². The van der Waals surface area contributed by atoms with Crippen molar-refractivity contribution in [3.8, 4) is 0 Å². The molecule has 3 heteroatoms. The molecule has 1 saturated carbocycles. The third-order valence-electron chi connectivity index (χ3n) is 3.38. The molecule has 2 aliphatic carbocycles. The zero-order chi connectivity index (χ0) is 9.54. The minimum absolute atomic E-state index is 0.114. The molecular weight excluding hydrogens is 194 g/mol. The smallest absolute Gasteiger partial charge is 0.0962 e. The summed E-state index contributed by atoms with van der Waals surface area (Å²) < 4.78 is 0. The second kappa shape index (κ2) is 3.31. The summed E-state index contributed by atoms with van der Waals surface area (Å²) in [5.74, 6) is 0.753. The van der Waals surface area contributed by atoms with Gasteiger partial charge in [0, 0.05) is 17.2 Å². The molecule has 0 bridgehead atoms. The number of hydrogen-bond donors (Lipinski definition) is 1. The van der Waals surface area contributed by atoms with E-state index < -0.39 is 0 Å². The van der Waals surface area contributed by atoms with Crippen LogP contribution in [0.5, 0.6) is 0 Å². The van der Waals surface area contributed by atoms with Gasteiger partial charge in [0.1, 0.15) is 0 Å². The van der Waals surface area contributed by atoms with Gasteiger partial charge in [-0.3, -0.25) is 0 Å². The molecule has 0 radical (unpaired) electrons. The predicted octanol–water partition coefficient (Wildman–Crippen LogP) is 2.26. The second-order valence-corrected chi connectivity index (χ2v) is 5.56. The Balaban J connectivity index is 1.87. The number of hydrogen-bond acceptors (Lipinski definition) is 3. The van der Waals surface area contributed by atoms with Gasteiger partial charge in [0.2, 0.25) is 0 Å². The van der Waals surface area contributed by atoms with Gasteiger partial charge >= 0.3 is 0 Å². The highest BCUT2D eigenvalue weighted by molar-refractivity contribution is 7.11. The maximum Gasteiger partial charge on any atom is 0.0962 e. The maximum absolute atomic E-state index is 9.55.